The predicted octanol–water partition coefficient (Wildman–Crippen LogP) is 3.49. The largest absolute Gasteiger partial charge is 0.349 e. The number of aromatic nitrogens is 2. The van der Waals surface area contributed by atoms with Gasteiger partial charge >= 0.3 is 0 Å². The normalized spacial score (nSPS) is 11.8. The Hall–Kier alpha value is -1.49. The predicted molar refractivity (Wildman–Crippen MR) is 89.4 cm³/mol. The van der Waals surface area contributed by atoms with Gasteiger partial charge in [0, 0.05) is 11.2 Å². The molecule has 1 aromatic heterocycles. The van der Waals surface area contributed by atoms with Gasteiger partial charge in [-0.1, -0.05) is 32.9 Å². The molecule has 114 valence electrons. The van der Waals surface area contributed by atoms with Crippen molar-refractivity contribution in [2.24, 2.45) is 0 Å². The van der Waals surface area contributed by atoms with Crippen LogP contribution in [0.4, 0.5) is 0 Å². The standard InChI is InChI=1S/C16H23N3OS/c1-16(2,3)21-10-6-9-15(20)17-11-14-18-12-7-4-5-8-13(12)19-14/h4-5,7-8H,6,9-11H2,1-3H3,(H,17,20)(H,18,19). The number of imidazole rings is 1. The summed E-state index contributed by atoms with van der Waals surface area (Å²) in [5, 5.41) is 2.92. The third-order valence-corrected chi connectivity index (χ3v) is 4.33. The van der Waals surface area contributed by atoms with Crippen LogP contribution >= 0.6 is 11.8 Å². The lowest BCUT2D eigenvalue weighted by molar-refractivity contribution is -0.121. The highest BCUT2D eigenvalue weighted by Gasteiger charge is 2.10. The summed E-state index contributed by atoms with van der Waals surface area (Å²) < 4.78 is 0.269. The molecular weight excluding hydrogens is 282 g/mol. The third-order valence-electron chi connectivity index (χ3n) is 2.97. The van der Waals surface area contributed by atoms with Gasteiger partial charge in [0.25, 0.3) is 0 Å². The summed E-state index contributed by atoms with van der Waals surface area (Å²) in [5.74, 6) is 1.90. The van der Waals surface area contributed by atoms with E-state index in [-0.39, 0.29) is 10.7 Å². The molecule has 21 heavy (non-hydrogen) atoms. The Morgan fingerprint density at radius 3 is 2.81 bits per heavy atom. The van der Waals surface area contributed by atoms with Crippen LogP contribution in [0.5, 0.6) is 0 Å². The summed E-state index contributed by atoms with van der Waals surface area (Å²) in [6, 6.07) is 7.87. The smallest absolute Gasteiger partial charge is 0.220 e. The van der Waals surface area contributed by atoms with Crippen LogP contribution in [-0.2, 0) is 11.3 Å². The molecule has 4 nitrogen and oxygen atoms in total. The number of nitrogens with zero attached hydrogens (tertiary/aromatic N) is 1. The molecule has 0 radical (unpaired) electrons. The molecule has 0 fully saturated rings. The van der Waals surface area contributed by atoms with Crippen molar-refractivity contribution in [1.82, 2.24) is 15.3 Å². The van der Waals surface area contributed by atoms with E-state index in [0.29, 0.717) is 13.0 Å². The summed E-state index contributed by atoms with van der Waals surface area (Å²) in [7, 11) is 0. The molecule has 2 rings (SSSR count). The van der Waals surface area contributed by atoms with Crippen LogP contribution in [0.3, 0.4) is 0 Å². The number of aromatic amines is 1. The summed E-state index contributed by atoms with van der Waals surface area (Å²) in [5.41, 5.74) is 1.94. The molecular formula is C16H23N3OS. The molecule has 0 saturated carbocycles. The fourth-order valence-corrected chi connectivity index (χ4v) is 2.87. The highest BCUT2D eigenvalue weighted by molar-refractivity contribution is 8.00. The van der Waals surface area contributed by atoms with Gasteiger partial charge in [0.05, 0.1) is 17.6 Å². The van der Waals surface area contributed by atoms with Crippen molar-refractivity contribution in [2.45, 2.75) is 44.9 Å². The van der Waals surface area contributed by atoms with E-state index in [1.54, 1.807) is 0 Å². The number of hydrogen-bond acceptors (Lipinski definition) is 3. The van der Waals surface area contributed by atoms with Gasteiger partial charge < -0.3 is 10.3 Å². The number of carbonyl (C=O) groups excluding carboxylic acids is 1. The SMILES string of the molecule is CC(C)(C)SCCCC(=O)NCc1nc2ccccc2[nH]1. The van der Waals surface area contributed by atoms with Gasteiger partial charge in [0.2, 0.25) is 5.91 Å². The molecule has 0 saturated heterocycles. The minimum Gasteiger partial charge on any atom is -0.349 e. The number of amides is 1. The quantitative estimate of drug-likeness (QED) is 0.803. The molecule has 1 amide bonds. The monoisotopic (exact) mass is 305 g/mol. The van der Waals surface area contributed by atoms with E-state index in [0.717, 1.165) is 29.0 Å². The maximum atomic E-state index is 11.8. The zero-order chi connectivity index (χ0) is 15.3. The van der Waals surface area contributed by atoms with Gasteiger partial charge in [0.15, 0.2) is 0 Å². The van der Waals surface area contributed by atoms with E-state index in [1.165, 1.54) is 0 Å². The Morgan fingerprint density at radius 2 is 2.10 bits per heavy atom. The van der Waals surface area contributed by atoms with Crippen molar-refractivity contribution in [3.63, 3.8) is 0 Å². The second-order valence-electron chi connectivity index (χ2n) is 6.04. The van der Waals surface area contributed by atoms with Crippen molar-refractivity contribution in [2.75, 3.05) is 5.75 Å². The molecule has 0 spiro atoms. The third kappa shape index (κ3) is 5.42. The molecule has 1 aromatic carbocycles. The maximum Gasteiger partial charge on any atom is 0.220 e. The molecule has 1 heterocycles. The number of thioether (sulfide) groups is 1. The van der Waals surface area contributed by atoms with Gasteiger partial charge in [-0.15, -0.1) is 0 Å². The molecule has 2 N–H and O–H groups in total. The number of benzene rings is 1. The van der Waals surface area contributed by atoms with Crippen molar-refractivity contribution in [1.29, 1.82) is 0 Å². The van der Waals surface area contributed by atoms with Crippen LogP contribution in [0.15, 0.2) is 24.3 Å². The van der Waals surface area contributed by atoms with Crippen molar-refractivity contribution >= 4 is 28.7 Å². The van der Waals surface area contributed by atoms with E-state index in [2.05, 4.69) is 36.1 Å². The molecule has 0 unspecified atom stereocenters. The average molecular weight is 305 g/mol. The van der Waals surface area contributed by atoms with Crippen LogP contribution in [0.2, 0.25) is 0 Å². The van der Waals surface area contributed by atoms with Gasteiger partial charge in [-0.25, -0.2) is 4.98 Å². The topological polar surface area (TPSA) is 57.8 Å². The fraction of sp³-hybridized carbons (Fsp3) is 0.500. The molecule has 0 aliphatic rings. The van der Waals surface area contributed by atoms with Crippen LogP contribution in [0.1, 0.15) is 39.4 Å². The van der Waals surface area contributed by atoms with Crippen molar-refractivity contribution in [3.8, 4) is 0 Å². The highest BCUT2D eigenvalue weighted by atomic mass is 32.2. The first kappa shape index (κ1) is 15.9. The van der Waals surface area contributed by atoms with Gasteiger partial charge in [0.1, 0.15) is 5.82 Å². The van der Waals surface area contributed by atoms with E-state index >= 15 is 0 Å². The molecule has 0 aliphatic carbocycles. The summed E-state index contributed by atoms with van der Waals surface area (Å²) in [6.07, 6.45) is 1.48. The zero-order valence-electron chi connectivity index (χ0n) is 12.9. The number of nitrogens with one attached hydrogen (secondary N) is 2. The highest BCUT2D eigenvalue weighted by Crippen LogP contribution is 2.23. The molecule has 0 bridgehead atoms. The van der Waals surface area contributed by atoms with Crippen LogP contribution in [0.25, 0.3) is 11.0 Å². The Bertz CT molecular complexity index is 568. The van der Waals surface area contributed by atoms with E-state index in [9.17, 15) is 4.79 Å². The number of fused-ring (bicyclic) bond motifs is 1. The minimum atomic E-state index is 0.0879. The number of H-pyrrole nitrogens is 1. The number of hydrogen-bond donors (Lipinski definition) is 2. The van der Waals surface area contributed by atoms with Crippen molar-refractivity contribution < 1.29 is 4.79 Å². The Kier molecular flexibility index (Phi) is 5.28. The first-order valence-electron chi connectivity index (χ1n) is 7.28. The average Bonchev–Trinajstić information content (AvgIpc) is 2.83. The Labute approximate surface area is 130 Å². The first-order valence-corrected chi connectivity index (χ1v) is 8.27. The number of para-hydroxylation sites is 2. The van der Waals surface area contributed by atoms with Crippen LogP contribution < -0.4 is 5.32 Å². The minimum absolute atomic E-state index is 0.0879. The Balaban J connectivity index is 1.71. The van der Waals surface area contributed by atoms with Gasteiger partial charge in [-0.05, 0) is 24.3 Å². The summed E-state index contributed by atoms with van der Waals surface area (Å²) >= 11 is 1.89. The summed E-state index contributed by atoms with van der Waals surface area (Å²) in [6.45, 7) is 7.04. The van der Waals surface area contributed by atoms with E-state index in [4.69, 9.17) is 0 Å². The molecule has 2 aromatic rings. The van der Waals surface area contributed by atoms with Crippen molar-refractivity contribution in [3.05, 3.63) is 30.1 Å². The Morgan fingerprint density at radius 1 is 1.33 bits per heavy atom. The lowest BCUT2D eigenvalue weighted by Crippen LogP contribution is -2.23. The van der Waals surface area contributed by atoms with Gasteiger partial charge in [-0.3, -0.25) is 4.79 Å². The number of rotatable bonds is 6. The lowest BCUT2D eigenvalue weighted by atomic mass is 10.3. The molecule has 5 heteroatoms. The summed E-state index contributed by atoms with van der Waals surface area (Å²) in [4.78, 5) is 19.4. The fourth-order valence-electron chi connectivity index (χ4n) is 1.97. The zero-order valence-corrected chi connectivity index (χ0v) is 13.7. The number of carbonyl (C=O) groups is 1. The maximum absolute atomic E-state index is 11.8. The van der Waals surface area contributed by atoms with E-state index < -0.39 is 0 Å². The second kappa shape index (κ2) is 6.98. The lowest BCUT2D eigenvalue weighted by Gasteiger charge is -2.16. The second-order valence-corrected chi connectivity index (χ2v) is 7.96. The van der Waals surface area contributed by atoms with Gasteiger partial charge in [-0.2, -0.15) is 11.8 Å². The molecule has 0 atom stereocenters. The van der Waals surface area contributed by atoms with Crippen LogP contribution in [-0.4, -0.2) is 26.4 Å². The first-order chi connectivity index (χ1) is 9.94. The van der Waals surface area contributed by atoms with E-state index in [1.807, 2.05) is 36.0 Å². The van der Waals surface area contributed by atoms with Crippen LogP contribution in [0, 0.1) is 0 Å². The molecule has 0 aliphatic heterocycles.